The molecule has 4 aliphatic carbocycles. The van der Waals surface area contributed by atoms with E-state index in [4.69, 9.17) is 14.2 Å². The molecule has 7 rings (SSSR count). The van der Waals surface area contributed by atoms with Crippen LogP contribution >= 0.6 is 0 Å². The first-order chi connectivity index (χ1) is 19.6. The van der Waals surface area contributed by atoms with Crippen molar-refractivity contribution in [1.82, 2.24) is 5.32 Å². The minimum Gasteiger partial charge on any atom is -0.446 e. The summed E-state index contributed by atoms with van der Waals surface area (Å²) in [4.78, 5) is 12.7. The van der Waals surface area contributed by atoms with Gasteiger partial charge in [0, 0.05) is 25.3 Å². The second-order valence-electron chi connectivity index (χ2n) is 15.4. The van der Waals surface area contributed by atoms with Gasteiger partial charge in [-0.2, -0.15) is 0 Å². The molecule has 0 aromatic heterocycles. The normalized spacial score (nSPS) is 46.6. The number of carbonyl (C=O) groups excluding carboxylic acids is 1. The standard InChI is InChI=1S/C36H51NO4/c1-22-7-6-8-25(17-22)20-37-33(38)40-27-12-14-34(4)26(18-27)9-10-28-29(34)13-15-35(5)30(28)19-31-32(35)24(3)36(41-31)16-11-23(2)21-39-36/h6-9,17,23-24,27-32H,10-16,18-21H2,1-5H3,(H,37,38)/t23-,24+,27+,28-,29+,30+,31+,32+,34+,35+,36-/m1/s1. The molecular formula is C36H51NO4. The van der Waals surface area contributed by atoms with E-state index in [0.717, 1.165) is 55.6 Å². The Labute approximate surface area is 247 Å². The molecule has 2 aliphatic heterocycles. The summed E-state index contributed by atoms with van der Waals surface area (Å²) in [5, 5.41) is 2.97. The van der Waals surface area contributed by atoms with Crippen molar-refractivity contribution in [2.45, 2.75) is 117 Å². The Hall–Kier alpha value is -1.85. The van der Waals surface area contributed by atoms with Gasteiger partial charge in [0.1, 0.15) is 6.10 Å². The molecule has 5 nitrogen and oxygen atoms in total. The number of carbonyl (C=O) groups is 1. The fourth-order valence-corrected chi connectivity index (χ4v) is 10.9. The van der Waals surface area contributed by atoms with E-state index in [9.17, 15) is 4.79 Å². The predicted octanol–water partition coefficient (Wildman–Crippen LogP) is 7.96. The number of fused-ring (bicyclic) bond motifs is 7. The summed E-state index contributed by atoms with van der Waals surface area (Å²) in [7, 11) is 0. The molecule has 41 heavy (non-hydrogen) atoms. The fourth-order valence-electron chi connectivity index (χ4n) is 10.9. The summed E-state index contributed by atoms with van der Waals surface area (Å²) >= 11 is 0. The van der Waals surface area contributed by atoms with Crippen molar-refractivity contribution in [3.8, 4) is 0 Å². The SMILES string of the molecule is Cc1cccc(CNC(=O)O[C@H]2CC[C@@]3(C)C(=CC[C@H]4[C@@H]5C[C@@H]6O[C@]7(CC[C@@H](C)CO7)[C@@H](C)[C@@H]6[C@@]5(C)CC[C@@H]43)C2)c1. The lowest BCUT2D eigenvalue weighted by Gasteiger charge is -2.58. The van der Waals surface area contributed by atoms with Crippen molar-refractivity contribution in [2.24, 2.45) is 46.3 Å². The smallest absolute Gasteiger partial charge is 0.407 e. The third-order valence-electron chi connectivity index (χ3n) is 13.1. The quantitative estimate of drug-likeness (QED) is 0.381. The lowest BCUT2D eigenvalue weighted by molar-refractivity contribution is -0.272. The van der Waals surface area contributed by atoms with Gasteiger partial charge in [0.05, 0.1) is 12.7 Å². The van der Waals surface area contributed by atoms with Crippen molar-refractivity contribution in [3.63, 3.8) is 0 Å². The zero-order chi connectivity index (χ0) is 28.6. The summed E-state index contributed by atoms with van der Waals surface area (Å²) in [5.74, 6) is 3.60. The molecule has 2 saturated heterocycles. The number of nitrogens with one attached hydrogen (secondary N) is 1. The molecule has 1 spiro atoms. The van der Waals surface area contributed by atoms with Crippen molar-refractivity contribution in [3.05, 3.63) is 47.0 Å². The van der Waals surface area contributed by atoms with E-state index in [0.29, 0.717) is 35.8 Å². The number of rotatable bonds is 3. The van der Waals surface area contributed by atoms with Crippen LogP contribution in [-0.4, -0.2) is 30.7 Å². The highest BCUT2D eigenvalue weighted by atomic mass is 16.7. The topological polar surface area (TPSA) is 56.8 Å². The third kappa shape index (κ3) is 4.51. The molecule has 0 bridgehead atoms. The van der Waals surface area contributed by atoms with Gasteiger partial charge in [0.15, 0.2) is 5.79 Å². The molecule has 1 amide bonds. The Kier molecular flexibility index (Phi) is 6.90. The van der Waals surface area contributed by atoms with Crippen molar-refractivity contribution < 1.29 is 19.0 Å². The van der Waals surface area contributed by atoms with Crippen LogP contribution in [0.3, 0.4) is 0 Å². The van der Waals surface area contributed by atoms with Crippen LogP contribution < -0.4 is 5.32 Å². The van der Waals surface area contributed by atoms with E-state index >= 15 is 0 Å². The molecular weight excluding hydrogens is 510 g/mol. The summed E-state index contributed by atoms with van der Waals surface area (Å²) in [6.45, 7) is 13.3. The molecule has 1 N–H and O–H groups in total. The van der Waals surface area contributed by atoms with Gasteiger partial charge < -0.3 is 19.5 Å². The van der Waals surface area contributed by atoms with Gasteiger partial charge in [-0.05, 0) is 97.9 Å². The summed E-state index contributed by atoms with van der Waals surface area (Å²) < 4.78 is 19.4. The number of alkyl carbamates (subject to hydrolysis) is 1. The van der Waals surface area contributed by atoms with E-state index in [-0.39, 0.29) is 23.4 Å². The largest absolute Gasteiger partial charge is 0.446 e. The molecule has 5 heteroatoms. The van der Waals surface area contributed by atoms with Gasteiger partial charge in [-0.25, -0.2) is 4.79 Å². The third-order valence-corrected chi connectivity index (χ3v) is 13.1. The van der Waals surface area contributed by atoms with Gasteiger partial charge in [-0.3, -0.25) is 0 Å². The van der Waals surface area contributed by atoms with Crippen molar-refractivity contribution >= 4 is 6.09 Å². The average Bonchev–Trinajstić information content (AvgIpc) is 3.39. The monoisotopic (exact) mass is 561 g/mol. The number of benzene rings is 1. The molecule has 2 heterocycles. The van der Waals surface area contributed by atoms with Gasteiger partial charge in [0.2, 0.25) is 0 Å². The van der Waals surface area contributed by atoms with E-state index in [2.05, 4.69) is 58.1 Å². The second-order valence-corrected chi connectivity index (χ2v) is 15.4. The Morgan fingerprint density at radius 2 is 1.95 bits per heavy atom. The maximum Gasteiger partial charge on any atom is 0.407 e. The van der Waals surface area contributed by atoms with E-state index in [1.165, 1.54) is 37.7 Å². The molecule has 224 valence electrons. The van der Waals surface area contributed by atoms with Gasteiger partial charge in [0.25, 0.3) is 0 Å². The van der Waals surface area contributed by atoms with Crippen LogP contribution in [0.4, 0.5) is 4.79 Å². The Morgan fingerprint density at radius 3 is 2.73 bits per heavy atom. The highest BCUT2D eigenvalue weighted by Crippen LogP contribution is 2.70. The predicted molar refractivity (Wildman–Crippen MR) is 160 cm³/mol. The first kappa shape index (κ1) is 28.0. The van der Waals surface area contributed by atoms with E-state index in [1.54, 1.807) is 5.57 Å². The maximum absolute atomic E-state index is 12.7. The number of allylic oxidation sites excluding steroid dienone is 1. The van der Waals surface area contributed by atoms with Crippen LogP contribution in [0.15, 0.2) is 35.9 Å². The lowest BCUT2D eigenvalue weighted by Crippen LogP contribution is -2.52. The summed E-state index contributed by atoms with van der Waals surface area (Å²) in [5.41, 5.74) is 4.44. The number of aryl methyl sites for hydroxylation is 1. The molecule has 1 aromatic rings. The van der Waals surface area contributed by atoms with Crippen LogP contribution in [0.5, 0.6) is 0 Å². The molecule has 3 saturated carbocycles. The van der Waals surface area contributed by atoms with E-state index < -0.39 is 0 Å². The first-order valence-corrected chi connectivity index (χ1v) is 16.6. The Bertz CT molecular complexity index is 1200. The molecule has 0 radical (unpaired) electrons. The van der Waals surface area contributed by atoms with Crippen LogP contribution in [0.25, 0.3) is 0 Å². The Morgan fingerprint density at radius 1 is 1.10 bits per heavy atom. The molecule has 0 unspecified atom stereocenters. The Balaban J connectivity index is 1.01. The zero-order valence-electron chi connectivity index (χ0n) is 25.9. The van der Waals surface area contributed by atoms with Gasteiger partial charge in [-0.15, -0.1) is 0 Å². The maximum atomic E-state index is 12.7. The average molecular weight is 562 g/mol. The highest BCUT2D eigenvalue weighted by Gasteiger charge is 2.68. The lowest BCUT2D eigenvalue weighted by atomic mass is 9.47. The molecule has 11 atom stereocenters. The summed E-state index contributed by atoms with van der Waals surface area (Å²) in [6, 6.07) is 8.26. The number of hydrogen-bond donors (Lipinski definition) is 1. The van der Waals surface area contributed by atoms with Crippen LogP contribution in [-0.2, 0) is 20.8 Å². The molecule has 1 aromatic carbocycles. The number of hydrogen-bond acceptors (Lipinski definition) is 4. The number of amides is 1. The molecule has 6 aliphatic rings. The van der Waals surface area contributed by atoms with Gasteiger partial charge in [-0.1, -0.05) is 69.2 Å². The minimum absolute atomic E-state index is 0.0215. The second kappa shape index (κ2) is 10.1. The van der Waals surface area contributed by atoms with Gasteiger partial charge >= 0.3 is 6.09 Å². The summed E-state index contributed by atoms with van der Waals surface area (Å²) in [6.07, 6.45) is 12.9. The van der Waals surface area contributed by atoms with E-state index in [1.807, 2.05) is 12.1 Å². The molecule has 5 fully saturated rings. The fraction of sp³-hybridized carbons (Fsp3) is 0.750. The zero-order valence-corrected chi connectivity index (χ0v) is 25.9. The minimum atomic E-state index is -0.330. The number of ether oxygens (including phenoxy) is 3. The van der Waals surface area contributed by atoms with Crippen molar-refractivity contribution in [2.75, 3.05) is 6.61 Å². The highest BCUT2D eigenvalue weighted by molar-refractivity contribution is 5.67. The first-order valence-electron chi connectivity index (χ1n) is 16.6. The van der Waals surface area contributed by atoms with Crippen LogP contribution in [0.1, 0.15) is 96.6 Å². The van der Waals surface area contributed by atoms with Crippen LogP contribution in [0, 0.1) is 53.3 Å². The van der Waals surface area contributed by atoms with Crippen LogP contribution in [0.2, 0.25) is 0 Å². The van der Waals surface area contributed by atoms with Crippen molar-refractivity contribution in [1.29, 1.82) is 0 Å².